The molecule has 5 heteroatoms. The summed E-state index contributed by atoms with van der Waals surface area (Å²) in [5, 5.41) is 31.2. The molecule has 128 valence electrons. The van der Waals surface area contributed by atoms with Gasteiger partial charge in [0.1, 0.15) is 11.5 Å². The summed E-state index contributed by atoms with van der Waals surface area (Å²) >= 11 is 0. The number of carbonyl (C=O) groups excluding carboxylic acids is 2. The van der Waals surface area contributed by atoms with Crippen molar-refractivity contribution in [3.63, 3.8) is 0 Å². The summed E-state index contributed by atoms with van der Waals surface area (Å²) < 4.78 is 0. The van der Waals surface area contributed by atoms with E-state index in [1.54, 1.807) is 37.3 Å². The molecule has 0 bridgehead atoms. The molecule has 3 aliphatic carbocycles. The van der Waals surface area contributed by atoms with Gasteiger partial charge in [-0.2, -0.15) is 0 Å². The molecule has 0 spiro atoms. The van der Waals surface area contributed by atoms with Crippen LogP contribution >= 0.6 is 0 Å². The Bertz CT molecular complexity index is 901. The second kappa shape index (κ2) is 5.43. The van der Waals surface area contributed by atoms with Gasteiger partial charge in [-0.25, -0.2) is 0 Å². The van der Waals surface area contributed by atoms with Crippen molar-refractivity contribution in [1.82, 2.24) is 0 Å². The smallest absolute Gasteiger partial charge is 0.175 e. The summed E-state index contributed by atoms with van der Waals surface area (Å²) in [5.41, 5.74) is 1.43. The number of aromatic hydroxyl groups is 2. The van der Waals surface area contributed by atoms with Crippen molar-refractivity contribution in [2.75, 3.05) is 0 Å². The van der Waals surface area contributed by atoms with E-state index in [1.165, 1.54) is 0 Å². The third-order valence-corrected chi connectivity index (χ3v) is 5.38. The number of phenols is 2. The fourth-order valence-corrected chi connectivity index (χ4v) is 3.98. The maximum atomic E-state index is 12.9. The van der Waals surface area contributed by atoms with Crippen molar-refractivity contribution >= 4 is 11.6 Å². The Morgan fingerprint density at radius 3 is 2.00 bits per heavy atom. The SMILES string of the molecule is CC(O)C1=CCc2c(O)c3c(c(O)c2C1)C(=O)C1C=CC=CC1C3=O. The molecule has 0 amide bonds. The third kappa shape index (κ3) is 2.12. The number of hydrogen-bond acceptors (Lipinski definition) is 5. The summed E-state index contributed by atoms with van der Waals surface area (Å²) in [6.07, 6.45) is 8.39. The van der Waals surface area contributed by atoms with Crippen LogP contribution in [0.1, 0.15) is 38.8 Å². The Morgan fingerprint density at radius 1 is 0.960 bits per heavy atom. The maximum Gasteiger partial charge on any atom is 0.175 e. The highest BCUT2D eigenvalue weighted by molar-refractivity contribution is 6.20. The number of fused-ring (bicyclic) bond motifs is 3. The fourth-order valence-electron chi connectivity index (χ4n) is 3.98. The molecule has 3 unspecified atom stereocenters. The topological polar surface area (TPSA) is 94.8 Å². The number of ketones is 2. The van der Waals surface area contributed by atoms with Crippen molar-refractivity contribution in [1.29, 1.82) is 0 Å². The van der Waals surface area contributed by atoms with Crippen LogP contribution in [-0.4, -0.2) is 33.0 Å². The number of aliphatic hydroxyl groups excluding tert-OH is 1. The number of phenolic OH excluding ortho intramolecular Hbond substituents is 2. The number of allylic oxidation sites excluding steroid dienone is 5. The van der Waals surface area contributed by atoms with Gasteiger partial charge >= 0.3 is 0 Å². The van der Waals surface area contributed by atoms with Crippen LogP contribution in [-0.2, 0) is 12.8 Å². The Kier molecular flexibility index (Phi) is 3.44. The minimum Gasteiger partial charge on any atom is -0.507 e. The van der Waals surface area contributed by atoms with E-state index in [4.69, 9.17) is 0 Å². The highest BCUT2D eigenvalue weighted by Crippen LogP contribution is 2.47. The number of aliphatic hydroxyl groups is 1. The monoisotopic (exact) mass is 338 g/mol. The van der Waals surface area contributed by atoms with Gasteiger partial charge in [-0.15, -0.1) is 0 Å². The number of benzene rings is 1. The second-order valence-corrected chi connectivity index (χ2v) is 6.79. The van der Waals surface area contributed by atoms with Gasteiger partial charge in [-0.05, 0) is 25.3 Å². The summed E-state index contributed by atoms with van der Waals surface area (Å²) in [4.78, 5) is 25.8. The molecule has 0 fully saturated rings. The third-order valence-electron chi connectivity index (χ3n) is 5.38. The Morgan fingerprint density at radius 2 is 1.48 bits per heavy atom. The van der Waals surface area contributed by atoms with E-state index >= 15 is 0 Å². The lowest BCUT2D eigenvalue weighted by Gasteiger charge is -2.32. The van der Waals surface area contributed by atoms with Crippen LogP contribution in [0.2, 0.25) is 0 Å². The molecule has 0 aromatic heterocycles. The van der Waals surface area contributed by atoms with Crippen LogP contribution in [0, 0.1) is 11.8 Å². The normalized spacial score (nSPS) is 25.1. The quantitative estimate of drug-likeness (QED) is 0.539. The molecule has 0 radical (unpaired) electrons. The van der Waals surface area contributed by atoms with Crippen molar-refractivity contribution in [2.45, 2.75) is 25.9 Å². The molecule has 5 nitrogen and oxygen atoms in total. The van der Waals surface area contributed by atoms with E-state index in [0.717, 1.165) is 5.57 Å². The largest absolute Gasteiger partial charge is 0.507 e. The first-order valence-electron chi connectivity index (χ1n) is 8.31. The average molecular weight is 338 g/mol. The Hall–Kier alpha value is -2.66. The lowest BCUT2D eigenvalue weighted by atomic mass is 9.70. The van der Waals surface area contributed by atoms with Crippen LogP contribution in [0.15, 0.2) is 36.0 Å². The number of rotatable bonds is 1. The van der Waals surface area contributed by atoms with Gasteiger partial charge in [-0.1, -0.05) is 30.4 Å². The van der Waals surface area contributed by atoms with E-state index in [-0.39, 0.29) is 40.6 Å². The first-order chi connectivity index (χ1) is 11.9. The van der Waals surface area contributed by atoms with Gasteiger partial charge in [-0.3, -0.25) is 9.59 Å². The molecule has 0 aliphatic heterocycles. The number of carbonyl (C=O) groups is 2. The van der Waals surface area contributed by atoms with Crippen molar-refractivity contribution in [2.24, 2.45) is 11.8 Å². The lowest BCUT2D eigenvalue weighted by molar-refractivity contribution is 0.0795. The Balaban J connectivity index is 1.95. The maximum absolute atomic E-state index is 12.9. The predicted octanol–water partition coefficient (Wildman–Crippen LogP) is 2.24. The molecule has 4 rings (SSSR count). The average Bonchev–Trinajstić information content (AvgIpc) is 2.62. The van der Waals surface area contributed by atoms with E-state index in [1.807, 2.05) is 0 Å². The molecule has 0 saturated heterocycles. The van der Waals surface area contributed by atoms with Crippen LogP contribution < -0.4 is 0 Å². The number of hydrogen-bond donors (Lipinski definition) is 3. The van der Waals surface area contributed by atoms with Gasteiger partial charge in [0.2, 0.25) is 0 Å². The zero-order chi connectivity index (χ0) is 17.9. The standard InChI is InChI=1S/C20H18O5/c1-9(21)10-6-7-13-14(8-10)20(25)16-15(19(13)24)17(22)11-4-2-3-5-12(11)18(16)23/h2-6,9,11-12,21,24-25H,7-8H2,1H3. The highest BCUT2D eigenvalue weighted by Gasteiger charge is 2.44. The van der Waals surface area contributed by atoms with Gasteiger partial charge in [0.25, 0.3) is 0 Å². The van der Waals surface area contributed by atoms with Gasteiger partial charge in [0.05, 0.1) is 29.1 Å². The van der Waals surface area contributed by atoms with Gasteiger partial charge in [0, 0.05) is 11.1 Å². The summed E-state index contributed by atoms with van der Waals surface area (Å²) in [6, 6.07) is 0. The molecule has 1 aromatic carbocycles. The predicted molar refractivity (Wildman–Crippen MR) is 90.9 cm³/mol. The minimum atomic E-state index is -0.682. The zero-order valence-corrected chi connectivity index (χ0v) is 13.7. The molecule has 25 heavy (non-hydrogen) atoms. The van der Waals surface area contributed by atoms with Crippen LogP contribution in [0.4, 0.5) is 0 Å². The second-order valence-electron chi connectivity index (χ2n) is 6.79. The molecule has 0 saturated carbocycles. The zero-order valence-electron chi connectivity index (χ0n) is 13.7. The molecule has 3 aliphatic rings. The lowest BCUT2D eigenvalue weighted by Crippen LogP contribution is -2.36. The minimum absolute atomic E-state index is 0.0728. The first-order valence-corrected chi connectivity index (χ1v) is 8.31. The van der Waals surface area contributed by atoms with Crippen molar-refractivity contribution < 1.29 is 24.9 Å². The summed E-state index contributed by atoms with van der Waals surface area (Å²) in [6.45, 7) is 1.63. The molecular weight excluding hydrogens is 320 g/mol. The van der Waals surface area contributed by atoms with Crippen LogP contribution in [0.5, 0.6) is 11.5 Å². The van der Waals surface area contributed by atoms with E-state index in [9.17, 15) is 24.9 Å². The van der Waals surface area contributed by atoms with Gasteiger partial charge in [0.15, 0.2) is 11.6 Å². The number of Topliss-reactive ketones (excluding diaryl/α,β-unsaturated/α-hetero) is 2. The fraction of sp³-hybridized carbons (Fsp3) is 0.300. The first kappa shape index (κ1) is 15.8. The van der Waals surface area contributed by atoms with E-state index < -0.39 is 17.9 Å². The Labute approximate surface area is 144 Å². The molecule has 3 N–H and O–H groups in total. The van der Waals surface area contributed by atoms with Crippen LogP contribution in [0.25, 0.3) is 0 Å². The highest BCUT2D eigenvalue weighted by atomic mass is 16.3. The summed E-state index contributed by atoms with van der Waals surface area (Å²) in [5.74, 6) is -2.45. The molecule has 1 aromatic rings. The molecule has 0 heterocycles. The molecular formula is C20H18O5. The summed E-state index contributed by atoms with van der Waals surface area (Å²) in [7, 11) is 0. The van der Waals surface area contributed by atoms with Crippen LogP contribution in [0.3, 0.4) is 0 Å². The van der Waals surface area contributed by atoms with Crippen molar-refractivity contribution in [3.05, 3.63) is 58.2 Å². The molecule has 3 atom stereocenters. The van der Waals surface area contributed by atoms with E-state index in [2.05, 4.69) is 0 Å². The van der Waals surface area contributed by atoms with Gasteiger partial charge < -0.3 is 15.3 Å². The van der Waals surface area contributed by atoms with E-state index in [0.29, 0.717) is 17.5 Å². The van der Waals surface area contributed by atoms with Crippen molar-refractivity contribution in [3.8, 4) is 11.5 Å².